The lowest BCUT2D eigenvalue weighted by atomic mass is 10.00. The predicted octanol–water partition coefficient (Wildman–Crippen LogP) is 1.82. The fourth-order valence-corrected chi connectivity index (χ4v) is 5.22. The van der Waals surface area contributed by atoms with Crippen LogP contribution in [0.25, 0.3) is 21.8 Å². The number of carboxylic acid groups (broad SMARTS) is 2. The van der Waals surface area contributed by atoms with Gasteiger partial charge in [0.15, 0.2) is 0 Å². The number of nitrogens with one attached hydrogen (secondary N) is 5. The second-order valence-electron chi connectivity index (χ2n) is 11.4. The highest BCUT2D eigenvalue weighted by Gasteiger charge is 2.32. The molecule has 238 valence electrons. The van der Waals surface area contributed by atoms with Crippen LogP contribution in [0.3, 0.4) is 0 Å². The molecule has 0 saturated heterocycles. The molecule has 0 saturated carbocycles. The molecule has 3 amide bonds. The molecule has 2 aromatic heterocycles. The Hall–Kier alpha value is -5.17. The van der Waals surface area contributed by atoms with Crippen molar-refractivity contribution in [2.45, 2.75) is 63.7 Å². The maximum Gasteiger partial charge on any atom is 0.326 e. The van der Waals surface area contributed by atoms with E-state index in [0.29, 0.717) is 5.56 Å². The molecule has 2 aromatic carbocycles. The molecule has 4 rings (SSSR count). The van der Waals surface area contributed by atoms with E-state index in [1.807, 2.05) is 48.5 Å². The minimum atomic E-state index is -1.31. The van der Waals surface area contributed by atoms with Gasteiger partial charge in [0.25, 0.3) is 0 Å². The van der Waals surface area contributed by atoms with E-state index in [0.717, 1.165) is 27.4 Å². The van der Waals surface area contributed by atoms with E-state index in [4.69, 9.17) is 5.73 Å². The number of carbonyl (C=O) groups is 5. The molecule has 4 unspecified atom stereocenters. The molecular weight excluding hydrogens is 580 g/mol. The monoisotopic (exact) mass is 618 g/mol. The average Bonchev–Trinajstić information content (AvgIpc) is 3.61. The molecular formula is C32H38N6O7. The molecule has 0 fully saturated rings. The van der Waals surface area contributed by atoms with E-state index in [2.05, 4.69) is 25.9 Å². The van der Waals surface area contributed by atoms with E-state index >= 15 is 0 Å². The molecule has 2 heterocycles. The Morgan fingerprint density at radius 3 is 1.80 bits per heavy atom. The molecule has 9 N–H and O–H groups in total. The van der Waals surface area contributed by atoms with Crippen LogP contribution in [0.2, 0.25) is 0 Å². The van der Waals surface area contributed by atoms with E-state index in [1.165, 1.54) is 0 Å². The molecule has 0 bridgehead atoms. The molecule has 0 radical (unpaired) electrons. The van der Waals surface area contributed by atoms with Crippen molar-refractivity contribution >= 4 is 51.5 Å². The molecule has 4 aromatic rings. The number of H-pyrrole nitrogens is 2. The van der Waals surface area contributed by atoms with Crippen molar-refractivity contribution in [3.05, 3.63) is 72.1 Å². The SMILES string of the molecule is CC(C)C(NC(=O)C(CCC(=O)O)NC(=O)C(N)Cc1c[nH]c2ccccc12)C(=O)NC(Cc1c[nH]c2ccccc12)C(=O)O. The number of amides is 3. The summed E-state index contributed by atoms with van der Waals surface area (Å²) in [7, 11) is 0. The van der Waals surface area contributed by atoms with Gasteiger partial charge in [-0.15, -0.1) is 0 Å². The molecule has 0 aliphatic carbocycles. The summed E-state index contributed by atoms with van der Waals surface area (Å²) < 4.78 is 0. The lowest BCUT2D eigenvalue weighted by Gasteiger charge is -2.27. The number of hydrogen-bond acceptors (Lipinski definition) is 6. The summed E-state index contributed by atoms with van der Waals surface area (Å²) in [5, 5.41) is 28.5. The largest absolute Gasteiger partial charge is 0.481 e. The van der Waals surface area contributed by atoms with Gasteiger partial charge in [-0.05, 0) is 42.0 Å². The first-order valence-electron chi connectivity index (χ1n) is 14.7. The standard InChI is InChI=1S/C32H38N6O7/c1-17(2)28(31(43)37-26(32(44)45)14-19-16-35-24-10-6-4-8-21(19)24)38-30(42)25(11-12-27(39)40)36-29(41)22(33)13-18-15-34-23-9-5-3-7-20(18)23/h3-10,15-17,22,25-26,28,34-35H,11-14,33H2,1-2H3,(H,36,41)(H,37,43)(H,38,42)(H,39,40)(H,44,45). The van der Waals surface area contributed by atoms with Crippen molar-refractivity contribution in [2.24, 2.45) is 11.7 Å². The van der Waals surface area contributed by atoms with E-state index in [9.17, 15) is 34.2 Å². The minimum absolute atomic E-state index is 0.00450. The van der Waals surface area contributed by atoms with Gasteiger partial charge >= 0.3 is 11.9 Å². The molecule has 0 aliphatic heterocycles. The van der Waals surface area contributed by atoms with Crippen LogP contribution in [0.4, 0.5) is 0 Å². The zero-order chi connectivity index (χ0) is 32.7. The van der Waals surface area contributed by atoms with E-state index in [-0.39, 0.29) is 19.3 Å². The fraction of sp³-hybridized carbons (Fsp3) is 0.344. The highest BCUT2D eigenvalue weighted by Crippen LogP contribution is 2.20. The Bertz CT molecular complexity index is 1690. The molecule has 13 heteroatoms. The lowest BCUT2D eigenvalue weighted by Crippen LogP contribution is -2.58. The highest BCUT2D eigenvalue weighted by atomic mass is 16.4. The molecule has 0 spiro atoms. The number of hydrogen-bond donors (Lipinski definition) is 8. The van der Waals surface area contributed by atoms with Gasteiger partial charge in [-0.3, -0.25) is 19.2 Å². The van der Waals surface area contributed by atoms with E-state index < -0.39 is 66.2 Å². The summed E-state index contributed by atoms with van der Waals surface area (Å²) in [4.78, 5) is 69.4. The topological polar surface area (TPSA) is 219 Å². The first kappa shape index (κ1) is 32.7. The van der Waals surface area contributed by atoms with Crippen molar-refractivity contribution in [3.8, 4) is 0 Å². The third-order valence-electron chi connectivity index (χ3n) is 7.69. The van der Waals surface area contributed by atoms with Gasteiger partial charge in [0.2, 0.25) is 17.7 Å². The van der Waals surface area contributed by atoms with Crippen molar-refractivity contribution in [1.29, 1.82) is 0 Å². The van der Waals surface area contributed by atoms with Gasteiger partial charge in [0.05, 0.1) is 6.04 Å². The van der Waals surface area contributed by atoms with Crippen LogP contribution in [-0.4, -0.2) is 74.0 Å². The number of carbonyl (C=O) groups excluding carboxylic acids is 3. The minimum Gasteiger partial charge on any atom is -0.481 e. The second kappa shape index (κ2) is 14.5. The van der Waals surface area contributed by atoms with Gasteiger partial charge in [0, 0.05) is 47.0 Å². The maximum absolute atomic E-state index is 13.4. The molecule has 13 nitrogen and oxygen atoms in total. The quantitative estimate of drug-likeness (QED) is 0.0980. The van der Waals surface area contributed by atoms with Crippen molar-refractivity contribution in [1.82, 2.24) is 25.9 Å². The number of aromatic nitrogens is 2. The molecule has 45 heavy (non-hydrogen) atoms. The number of rotatable bonds is 15. The summed E-state index contributed by atoms with van der Waals surface area (Å²) in [5.41, 5.74) is 9.38. The zero-order valence-electron chi connectivity index (χ0n) is 25.0. The predicted molar refractivity (Wildman–Crippen MR) is 167 cm³/mol. The Morgan fingerprint density at radius 2 is 1.27 bits per heavy atom. The van der Waals surface area contributed by atoms with Crippen LogP contribution < -0.4 is 21.7 Å². The summed E-state index contributed by atoms with van der Waals surface area (Å²) >= 11 is 0. The van der Waals surface area contributed by atoms with Crippen LogP contribution in [0.5, 0.6) is 0 Å². The number of fused-ring (bicyclic) bond motifs is 2. The van der Waals surface area contributed by atoms with Crippen LogP contribution in [0, 0.1) is 5.92 Å². The third-order valence-corrected chi connectivity index (χ3v) is 7.69. The first-order valence-corrected chi connectivity index (χ1v) is 14.7. The average molecular weight is 619 g/mol. The van der Waals surface area contributed by atoms with Crippen molar-refractivity contribution in [2.75, 3.05) is 0 Å². The zero-order valence-corrected chi connectivity index (χ0v) is 25.0. The third kappa shape index (κ3) is 8.26. The molecule has 0 aliphatic rings. The Balaban J connectivity index is 1.44. The van der Waals surface area contributed by atoms with Gasteiger partial charge in [0.1, 0.15) is 18.1 Å². The number of benzene rings is 2. The summed E-state index contributed by atoms with van der Waals surface area (Å²) in [6.45, 7) is 3.34. The summed E-state index contributed by atoms with van der Waals surface area (Å²) in [5.74, 6) is -5.09. The van der Waals surface area contributed by atoms with Gasteiger partial charge in [-0.25, -0.2) is 4.79 Å². The van der Waals surface area contributed by atoms with Gasteiger partial charge < -0.3 is 41.9 Å². The number of para-hydroxylation sites is 2. The molecule has 4 atom stereocenters. The van der Waals surface area contributed by atoms with Crippen LogP contribution in [0.15, 0.2) is 60.9 Å². The van der Waals surface area contributed by atoms with Gasteiger partial charge in [-0.2, -0.15) is 0 Å². The Labute approximate surface area is 258 Å². The number of aliphatic carboxylic acids is 2. The Kier molecular flexibility index (Phi) is 10.6. The number of carboxylic acids is 2. The summed E-state index contributed by atoms with van der Waals surface area (Å²) in [6.07, 6.45) is 2.91. The van der Waals surface area contributed by atoms with Crippen LogP contribution >= 0.6 is 0 Å². The summed E-state index contributed by atoms with van der Waals surface area (Å²) in [6, 6.07) is 10.1. The number of aromatic amines is 2. The smallest absolute Gasteiger partial charge is 0.326 e. The fourth-order valence-electron chi connectivity index (χ4n) is 5.22. The van der Waals surface area contributed by atoms with Crippen LogP contribution in [-0.2, 0) is 36.8 Å². The highest BCUT2D eigenvalue weighted by molar-refractivity contribution is 5.95. The normalized spacial score (nSPS) is 14.0. The number of nitrogens with two attached hydrogens (primary N) is 1. The second-order valence-corrected chi connectivity index (χ2v) is 11.4. The Morgan fingerprint density at radius 1 is 0.733 bits per heavy atom. The van der Waals surface area contributed by atoms with E-state index in [1.54, 1.807) is 26.2 Å². The van der Waals surface area contributed by atoms with Crippen LogP contribution in [0.1, 0.15) is 37.8 Å². The van der Waals surface area contributed by atoms with Gasteiger partial charge in [-0.1, -0.05) is 50.2 Å². The van der Waals surface area contributed by atoms with Crippen molar-refractivity contribution in [3.63, 3.8) is 0 Å². The van der Waals surface area contributed by atoms with Crippen molar-refractivity contribution < 1.29 is 34.2 Å². The maximum atomic E-state index is 13.4. The lowest BCUT2D eigenvalue weighted by molar-refractivity contribution is -0.142. The first-order chi connectivity index (χ1) is 21.4.